The first-order valence-corrected chi connectivity index (χ1v) is 13.6. The minimum atomic E-state index is 0.784. The Kier molecular flexibility index (Phi) is 6.46. The summed E-state index contributed by atoms with van der Waals surface area (Å²) >= 11 is 5.33. The summed E-state index contributed by atoms with van der Waals surface area (Å²) in [6.07, 6.45) is 0. The van der Waals surface area contributed by atoms with Crippen LogP contribution in [0.4, 0.5) is 5.82 Å². The molecule has 0 atom stereocenters. The number of nitrogens with zero attached hydrogens (tertiary/aromatic N) is 5. The first-order chi connectivity index (χ1) is 15.6. The molecule has 0 N–H and O–H groups in total. The average molecular weight is 482 g/mol. The van der Waals surface area contributed by atoms with E-state index in [2.05, 4.69) is 71.3 Å². The number of aryl methyl sites for hydroxylation is 3. The van der Waals surface area contributed by atoms with Gasteiger partial charge in [0, 0.05) is 47.9 Å². The molecule has 0 amide bonds. The molecule has 32 heavy (non-hydrogen) atoms. The van der Waals surface area contributed by atoms with Gasteiger partial charge in [0.25, 0.3) is 0 Å². The highest BCUT2D eigenvalue weighted by molar-refractivity contribution is 7.98. The Hall–Kier alpha value is -2.00. The maximum absolute atomic E-state index is 5.10. The van der Waals surface area contributed by atoms with E-state index in [1.54, 1.807) is 34.4 Å². The molecule has 0 bridgehead atoms. The topological polar surface area (TPSA) is 45.2 Å². The predicted molar refractivity (Wildman–Crippen MR) is 137 cm³/mol. The fourth-order valence-corrected chi connectivity index (χ4v) is 6.48. The van der Waals surface area contributed by atoms with E-state index in [1.807, 2.05) is 0 Å². The molecule has 1 saturated heterocycles. The second-order valence-electron chi connectivity index (χ2n) is 8.15. The van der Waals surface area contributed by atoms with E-state index < -0.39 is 0 Å². The van der Waals surface area contributed by atoms with Gasteiger partial charge in [0.1, 0.15) is 16.5 Å². The number of thiazole rings is 1. The van der Waals surface area contributed by atoms with Crippen LogP contribution >= 0.6 is 34.4 Å². The second-order valence-corrected chi connectivity index (χ2v) is 11.5. The van der Waals surface area contributed by atoms with Gasteiger partial charge >= 0.3 is 0 Å². The number of hydrogen-bond acceptors (Lipinski definition) is 8. The predicted octanol–water partition coefficient (Wildman–Crippen LogP) is 5.69. The highest BCUT2D eigenvalue weighted by atomic mass is 32.2. The highest BCUT2D eigenvalue weighted by Crippen LogP contribution is 2.36. The number of aromatic nitrogens is 3. The van der Waals surface area contributed by atoms with E-state index in [-0.39, 0.29) is 0 Å². The van der Waals surface area contributed by atoms with Crippen molar-refractivity contribution < 1.29 is 0 Å². The molecule has 8 heteroatoms. The van der Waals surface area contributed by atoms with Gasteiger partial charge in [-0.25, -0.2) is 15.0 Å². The summed E-state index contributed by atoms with van der Waals surface area (Å²) in [5.74, 6) is 2.82. The monoisotopic (exact) mass is 481 g/mol. The van der Waals surface area contributed by atoms with Gasteiger partial charge in [0.15, 0.2) is 0 Å². The van der Waals surface area contributed by atoms with Crippen molar-refractivity contribution in [3.63, 3.8) is 0 Å². The van der Waals surface area contributed by atoms with E-state index >= 15 is 0 Å². The maximum atomic E-state index is 5.10. The summed E-state index contributed by atoms with van der Waals surface area (Å²) < 4.78 is 0. The Labute approximate surface area is 201 Å². The zero-order valence-electron chi connectivity index (χ0n) is 18.7. The van der Waals surface area contributed by atoms with E-state index in [9.17, 15) is 0 Å². The van der Waals surface area contributed by atoms with E-state index in [0.717, 1.165) is 60.0 Å². The molecule has 4 heterocycles. The Morgan fingerprint density at radius 3 is 2.47 bits per heavy atom. The first kappa shape index (κ1) is 21.8. The number of anilines is 1. The number of rotatable bonds is 6. The van der Waals surface area contributed by atoms with Crippen LogP contribution in [0.1, 0.15) is 27.0 Å². The largest absolute Gasteiger partial charge is 0.353 e. The fraction of sp³-hybridized carbons (Fsp3) is 0.375. The second kappa shape index (κ2) is 9.47. The normalized spacial score (nSPS) is 15.0. The lowest BCUT2D eigenvalue weighted by Crippen LogP contribution is -2.46. The molecule has 0 aliphatic carbocycles. The van der Waals surface area contributed by atoms with Gasteiger partial charge in [-0.2, -0.15) is 0 Å². The number of hydrogen-bond donors (Lipinski definition) is 0. The summed E-state index contributed by atoms with van der Waals surface area (Å²) in [7, 11) is 0. The molecule has 5 nitrogen and oxygen atoms in total. The summed E-state index contributed by atoms with van der Waals surface area (Å²) in [6, 6.07) is 10.5. The molecule has 1 fully saturated rings. The van der Waals surface area contributed by atoms with Crippen molar-refractivity contribution in [2.75, 3.05) is 31.1 Å². The standard InChI is InChI=1S/C24H27N5S3/c1-16-17(2)32-24-22(16)23(26-21(27-24)15-31-20-7-5-4-6-8-20)29-11-9-28(10-12-29)13-19-14-30-18(3)25-19/h4-8,14H,9-13,15H2,1-3H3. The van der Waals surface area contributed by atoms with Gasteiger partial charge in [-0.1, -0.05) is 18.2 Å². The molecule has 0 spiro atoms. The molecular formula is C24H27N5S3. The van der Waals surface area contributed by atoms with Crippen LogP contribution in [0.15, 0.2) is 40.6 Å². The molecule has 0 radical (unpaired) electrons. The molecule has 166 valence electrons. The van der Waals surface area contributed by atoms with Crippen molar-refractivity contribution in [1.82, 2.24) is 19.9 Å². The fourth-order valence-electron chi connectivity index (χ4n) is 4.06. The molecule has 0 saturated carbocycles. The Morgan fingerprint density at radius 2 is 1.75 bits per heavy atom. The van der Waals surface area contributed by atoms with Gasteiger partial charge in [-0.15, -0.1) is 34.4 Å². The van der Waals surface area contributed by atoms with Crippen LogP contribution in [-0.4, -0.2) is 46.0 Å². The lowest BCUT2D eigenvalue weighted by atomic mass is 10.2. The summed E-state index contributed by atoms with van der Waals surface area (Å²) in [6.45, 7) is 11.4. The van der Waals surface area contributed by atoms with E-state index in [4.69, 9.17) is 9.97 Å². The lowest BCUT2D eigenvalue weighted by molar-refractivity contribution is 0.247. The van der Waals surface area contributed by atoms with Crippen molar-refractivity contribution >= 4 is 50.5 Å². The van der Waals surface area contributed by atoms with E-state index in [0.29, 0.717) is 0 Å². The molecule has 1 aliphatic rings. The third-order valence-corrected chi connectivity index (χ3v) is 8.82. The molecule has 3 aromatic heterocycles. The van der Waals surface area contributed by atoms with Gasteiger partial charge in [-0.3, -0.25) is 4.90 Å². The van der Waals surface area contributed by atoms with Crippen molar-refractivity contribution in [2.24, 2.45) is 0 Å². The van der Waals surface area contributed by atoms with Gasteiger partial charge in [0.05, 0.1) is 21.8 Å². The Bertz CT molecular complexity index is 1210. The molecule has 1 aliphatic heterocycles. The minimum Gasteiger partial charge on any atom is -0.353 e. The van der Waals surface area contributed by atoms with Crippen LogP contribution in [0.5, 0.6) is 0 Å². The minimum absolute atomic E-state index is 0.784. The molecule has 5 rings (SSSR count). The lowest BCUT2D eigenvalue weighted by Gasteiger charge is -2.35. The first-order valence-electron chi connectivity index (χ1n) is 10.9. The third kappa shape index (κ3) is 4.69. The molecule has 0 unspecified atom stereocenters. The Morgan fingerprint density at radius 1 is 0.969 bits per heavy atom. The summed E-state index contributed by atoms with van der Waals surface area (Å²) in [5.41, 5.74) is 2.51. The number of thioether (sulfide) groups is 1. The van der Waals surface area contributed by atoms with Gasteiger partial charge in [-0.05, 0) is 38.5 Å². The van der Waals surface area contributed by atoms with Crippen LogP contribution < -0.4 is 4.90 Å². The number of piperazine rings is 1. The average Bonchev–Trinajstić information content (AvgIpc) is 3.35. The van der Waals surface area contributed by atoms with Crippen molar-refractivity contribution in [3.05, 3.63) is 62.7 Å². The molecule has 4 aromatic rings. The zero-order chi connectivity index (χ0) is 22.1. The molecule has 1 aromatic carbocycles. The third-order valence-electron chi connectivity index (χ3n) is 5.89. The van der Waals surface area contributed by atoms with Crippen LogP contribution in [0.3, 0.4) is 0 Å². The van der Waals surface area contributed by atoms with Crippen LogP contribution in [-0.2, 0) is 12.3 Å². The maximum Gasteiger partial charge on any atom is 0.142 e. The quantitative estimate of drug-likeness (QED) is 0.330. The van der Waals surface area contributed by atoms with Crippen molar-refractivity contribution in [3.8, 4) is 0 Å². The van der Waals surface area contributed by atoms with Crippen LogP contribution in [0.2, 0.25) is 0 Å². The highest BCUT2D eigenvalue weighted by Gasteiger charge is 2.23. The van der Waals surface area contributed by atoms with E-state index in [1.165, 1.54) is 26.4 Å². The van der Waals surface area contributed by atoms with Crippen molar-refractivity contribution in [1.29, 1.82) is 0 Å². The summed E-state index contributed by atoms with van der Waals surface area (Å²) in [5, 5.41) is 4.57. The van der Waals surface area contributed by atoms with Gasteiger partial charge < -0.3 is 4.90 Å². The number of fused-ring (bicyclic) bond motifs is 1. The number of benzene rings is 1. The van der Waals surface area contributed by atoms with Crippen LogP contribution in [0, 0.1) is 20.8 Å². The zero-order valence-corrected chi connectivity index (χ0v) is 21.1. The Balaban J connectivity index is 1.36. The van der Waals surface area contributed by atoms with Crippen molar-refractivity contribution in [2.45, 2.75) is 38.0 Å². The SMILES string of the molecule is Cc1nc(CN2CCN(c3nc(CSc4ccccc4)nc4sc(C)c(C)c34)CC2)cs1. The molecular weight excluding hydrogens is 455 g/mol. The smallest absolute Gasteiger partial charge is 0.142 e. The number of thiophene rings is 1. The summed E-state index contributed by atoms with van der Waals surface area (Å²) in [4.78, 5) is 23.3. The van der Waals surface area contributed by atoms with Crippen LogP contribution in [0.25, 0.3) is 10.2 Å². The van der Waals surface area contributed by atoms with Gasteiger partial charge in [0.2, 0.25) is 0 Å².